The van der Waals surface area contributed by atoms with Gasteiger partial charge in [0.15, 0.2) is 5.69 Å². The van der Waals surface area contributed by atoms with Crippen LogP contribution >= 0.6 is 0 Å². The number of carbonyl (C=O) groups excluding carboxylic acids is 1. The first-order chi connectivity index (χ1) is 10.0. The third kappa shape index (κ3) is 4.67. The first-order valence-electron chi connectivity index (χ1n) is 6.73. The lowest BCUT2D eigenvalue weighted by Gasteiger charge is -2.18. The van der Waals surface area contributed by atoms with Crippen LogP contribution in [-0.2, 0) is 4.74 Å². The van der Waals surface area contributed by atoms with Crippen molar-refractivity contribution >= 4 is 17.5 Å². The number of carbonyl (C=O) groups is 1. The van der Waals surface area contributed by atoms with Crippen molar-refractivity contribution in [2.45, 2.75) is 13.8 Å². The van der Waals surface area contributed by atoms with Gasteiger partial charge in [-0.2, -0.15) is 0 Å². The summed E-state index contributed by atoms with van der Waals surface area (Å²) in [6.45, 7) is 7.12. The molecule has 0 saturated carbocycles. The zero-order chi connectivity index (χ0) is 15.8. The van der Waals surface area contributed by atoms with Gasteiger partial charge in [0, 0.05) is 19.2 Å². The zero-order valence-electron chi connectivity index (χ0n) is 12.5. The number of esters is 1. The van der Waals surface area contributed by atoms with Crippen molar-refractivity contribution in [3.8, 4) is 0 Å². The largest absolute Gasteiger partial charge is 0.464 e. The monoisotopic (exact) mass is 296 g/mol. The highest BCUT2D eigenvalue weighted by atomic mass is 16.6. The molecule has 0 spiro atoms. The van der Waals surface area contributed by atoms with Crippen molar-refractivity contribution in [2.24, 2.45) is 0 Å². The van der Waals surface area contributed by atoms with Crippen molar-refractivity contribution in [1.82, 2.24) is 9.88 Å². The van der Waals surface area contributed by atoms with E-state index in [1.165, 1.54) is 19.2 Å². The van der Waals surface area contributed by atoms with E-state index in [-0.39, 0.29) is 17.2 Å². The van der Waals surface area contributed by atoms with E-state index >= 15 is 0 Å². The Kier molecular flexibility index (Phi) is 6.54. The molecule has 21 heavy (non-hydrogen) atoms. The summed E-state index contributed by atoms with van der Waals surface area (Å²) in [4.78, 5) is 28.0. The number of nitrogens with zero attached hydrogens (tertiary/aromatic N) is 3. The molecule has 0 amide bonds. The van der Waals surface area contributed by atoms with E-state index in [0.717, 1.165) is 19.6 Å². The smallest absolute Gasteiger partial charge is 0.356 e. The first-order valence-corrected chi connectivity index (χ1v) is 6.73. The van der Waals surface area contributed by atoms with Crippen molar-refractivity contribution in [3.05, 3.63) is 27.9 Å². The van der Waals surface area contributed by atoms with Gasteiger partial charge in [0.2, 0.25) is 5.82 Å². The minimum absolute atomic E-state index is 0.0356. The molecule has 0 aliphatic carbocycles. The van der Waals surface area contributed by atoms with Crippen LogP contribution in [0.15, 0.2) is 12.1 Å². The highest BCUT2D eigenvalue weighted by Crippen LogP contribution is 2.22. The number of pyridine rings is 1. The Morgan fingerprint density at radius 1 is 1.43 bits per heavy atom. The van der Waals surface area contributed by atoms with E-state index in [0.29, 0.717) is 6.54 Å². The second-order valence-electron chi connectivity index (χ2n) is 4.27. The number of nitro groups is 1. The van der Waals surface area contributed by atoms with Gasteiger partial charge >= 0.3 is 11.7 Å². The summed E-state index contributed by atoms with van der Waals surface area (Å²) in [5.74, 6) is -0.549. The van der Waals surface area contributed by atoms with Crippen LogP contribution in [0.3, 0.4) is 0 Å². The number of hydrogen-bond acceptors (Lipinski definition) is 7. The van der Waals surface area contributed by atoms with Crippen molar-refractivity contribution in [3.63, 3.8) is 0 Å². The van der Waals surface area contributed by atoms with E-state index < -0.39 is 10.9 Å². The summed E-state index contributed by atoms with van der Waals surface area (Å²) in [6.07, 6.45) is 0. The average molecular weight is 296 g/mol. The standard InChI is InChI=1S/C13H20N4O4/c1-4-16(5-2)9-8-14-12-11(17(19)20)7-6-10(15-12)13(18)21-3/h6-7H,4-5,8-9H2,1-3H3,(H,14,15). The van der Waals surface area contributed by atoms with E-state index in [4.69, 9.17) is 0 Å². The van der Waals surface area contributed by atoms with Gasteiger partial charge < -0.3 is 15.0 Å². The molecule has 0 atom stereocenters. The van der Waals surface area contributed by atoms with Gasteiger partial charge in [0.25, 0.3) is 0 Å². The van der Waals surface area contributed by atoms with Gasteiger partial charge in [0.05, 0.1) is 12.0 Å². The topological polar surface area (TPSA) is 97.6 Å². The van der Waals surface area contributed by atoms with Crippen molar-refractivity contribution in [1.29, 1.82) is 0 Å². The second-order valence-corrected chi connectivity index (χ2v) is 4.27. The van der Waals surface area contributed by atoms with E-state index in [1.54, 1.807) is 0 Å². The van der Waals surface area contributed by atoms with Gasteiger partial charge in [-0.05, 0) is 19.2 Å². The number of nitrogens with one attached hydrogen (secondary N) is 1. The Morgan fingerprint density at radius 2 is 2.10 bits per heavy atom. The highest BCUT2D eigenvalue weighted by molar-refractivity contribution is 5.88. The lowest BCUT2D eigenvalue weighted by Crippen LogP contribution is -2.29. The Bertz CT molecular complexity index is 503. The Balaban J connectivity index is 2.86. The molecule has 0 saturated heterocycles. The molecular weight excluding hydrogens is 276 g/mol. The van der Waals surface area contributed by atoms with E-state index in [2.05, 4.69) is 19.9 Å². The molecule has 0 aliphatic rings. The summed E-state index contributed by atoms with van der Waals surface area (Å²) in [5, 5.41) is 13.9. The maximum atomic E-state index is 11.4. The van der Waals surface area contributed by atoms with Gasteiger partial charge in [0.1, 0.15) is 0 Å². The molecule has 0 unspecified atom stereocenters. The van der Waals surface area contributed by atoms with Gasteiger partial charge in [-0.25, -0.2) is 9.78 Å². The summed E-state index contributed by atoms with van der Waals surface area (Å²) in [6, 6.07) is 2.53. The van der Waals surface area contributed by atoms with Crippen molar-refractivity contribution in [2.75, 3.05) is 38.6 Å². The maximum absolute atomic E-state index is 11.4. The molecule has 1 aromatic rings. The highest BCUT2D eigenvalue weighted by Gasteiger charge is 2.18. The number of methoxy groups -OCH3 is 1. The number of hydrogen-bond donors (Lipinski definition) is 1. The molecule has 116 valence electrons. The number of rotatable bonds is 8. The molecule has 0 radical (unpaired) electrons. The van der Waals surface area contributed by atoms with Crippen LogP contribution in [0.4, 0.5) is 11.5 Å². The van der Waals surface area contributed by atoms with Crippen LogP contribution in [0.1, 0.15) is 24.3 Å². The SMILES string of the molecule is CCN(CC)CCNc1nc(C(=O)OC)ccc1[N+](=O)[O-]. The predicted molar refractivity (Wildman–Crippen MR) is 78.5 cm³/mol. The summed E-state index contributed by atoms with van der Waals surface area (Å²) in [5.41, 5.74) is -0.129. The quantitative estimate of drug-likeness (QED) is 0.441. The van der Waals surface area contributed by atoms with Gasteiger partial charge in [-0.1, -0.05) is 13.8 Å². The minimum Gasteiger partial charge on any atom is -0.464 e. The zero-order valence-corrected chi connectivity index (χ0v) is 12.5. The molecule has 1 heterocycles. The van der Waals surface area contributed by atoms with E-state index in [9.17, 15) is 14.9 Å². The third-order valence-electron chi connectivity index (χ3n) is 3.08. The molecule has 0 bridgehead atoms. The van der Waals surface area contributed by atoms with Crippen LogP contribution in [-0.4, -0.2) is 54.1 Å². The minimum atomic E-state index is -0.628. The molecule has 1 rings (SSSR count). The average Bonchev–Trinajstić information content (AvgIpc) is 2.50. The Morgan fingerprint density at radius 3 is 2.62 bits per heavy atom. The van der Waals surface area contributed by atoms with Gasteiger partial charge in [-0.3, -0.25) is 10.1 Å². The van der Waals surface area contributed by atoms with Crippen LogP contribution < -0.4 is 5.32 Å². The van der Waals surface area contributed by atoms with Crippen molar-refractivity contribution < 1.29 is 14.5 Å². The van der Waals surface area contributed by atoms with Crippen LogP contribution in [0.25, 0.3) is 0 Å². The molecule has 0 aromatic carbocycles. The Labute approximate surface area is 123 Å². The van der Waals surface area contributed by atoms with E-state index in [1.807, 2.05) is 13.8 Å². The number of anilines is 1. The number of likely N-dealkylation sites (N-methyl/N-ethyl adjacent to an activating group) is 1. The lowest BCUT2D eigenvalue weighted by atomic mass is 10.3. The van der Waals surface area contributed by atoms with Gasteiger partial charge in [-0.15, -0.1) is 0 Å². The fourth-order valence-corrected chi connectivity index (χ4v) is 1.82. The third-order valence-corrected chi connectivity index (χ3v) is 3.08. The first kappa shape index (κ1) is 16.8. The molecule has 1 aromatic heterocycles. The van der Waals surface area contributed by atoms with Crippen LogP contribution in [0.5, 0.6) is 0 Å². The predicted octanol–water partition coefficient (Wildman–Crippen LogP) is 1.53. The maximum Gasteiger partial charge on any atom is 0.356 e. The summed E-state index contributed by atoms with van der Waals surface area (Å²) in [7, 11) is 1.24. The fraction of sp³-hybridized carbons (Fsp3) is 0.538. The molecular formula is C13H20N4O4. The molecule has 8 heteroatoms. The van der Waals surface area contributed by atoms with Crippen LogP contribution in [0, 0.1) is 10.1 Å². The molecule has 8 nitrogen and oxygen atoms in total. The molecule has 0 aliphatic heterocycles. The van der Waals surface area contributed by atoms with Crippen LogP contribution in [0.2, 0.25) is 0 Å². The Hall–Kier alpha value is -2.22. The number of ether oxygens (including phenoxy) is 1. The second kappa shape index (κ2) is 8.15. The summed E-state index contributed by atoms with van der Waals surface area (Å²) < 4.78 is 4.56. The number of aromatic nitrogens is 1. The fourth-order valence-electron chi connectivity index (χ4n) is 1.82. The molecule has 0 fully saturated rings. The normalized spacial score (nSPS) is 10.5. The lowest BCUT2D eigenvalue weighted by molar-refractivity contribution is -0.384. The summed E-state index contributed by atoms with van der Waals surface area (Å²) >= 11 is 0. The molecule has 1 N–H and O–H groups in total.